The van der Waals surface area contributed by atoms with Crippen molar-refractivity contribution in [3.05, 3.63) is 57.5 Å². The Morgan fingerprint density at radius 3 is 3.12 bits per heavy atom. The zero-order chi connectivity index (χ0) is 11.7. The Morgan fingerprint density at radius 1 is 1.35 bits per heavy atom. The first-order valence-corrected chi connectivity index (χ1v) is 5.53. The third-order valence-electron chi connectivity index (χ3n) is 2.84. The highest BCUT2D eigenvalue weighted by Crippen LogP contribution is 2.09. The predicted octanol–water partition coefficient (Wildman–Crippen LogP) is 0.359. The van der Waals surface area contributed by atoms with Crippen LogP contribution in [0.25, 0.3) is 0 Å². The number of nitrogens with zero attached hydrogens (tertiary/aromatic N) is 2. The minimum atomic E-state index is -0.0288. The van der Waals surface area contributed by atoms with Gasteiger partial charge in [-0.3, -0.25) is 9.78 Å². The van der Waals surface area contributed by atoms with Crippen LogP contribution >= 0.6 is 0 Å². The molecule has 17 heavy (non-hydrogen) atoms. The first kappa shape index (κ1) is 10.2. The maximum absolute atomic E-state index is 11.8. The van der Waals surface area contributed by atoms with Crippen LogP contribution in [0.1, 0.15) is 22.6 Å². The van der Waals surface area contributed by atoms with E-state index < -0.39 is 0 Å². The van der Waals surface area contributed by atoms with E-state index in [-0.39, 0.29) is 5.56 Å². The molecule has 0 spiro atoms. The number of rotatable bonds is 2. The lowest BCUT2D eigenvalue weighted by Crippen LogP contribution is -2.17. The molecule has 1 aliphatic rings. The van der Waals surface area contributed by atoms with Gasteiger partial charge in [0.1, 0.15) is 5.82 Å². The Bertz CT molecular complexity index is 591. The van der Waals surface area contributed by atoms with E-state index >= 15 is 0 Å². The summed E-state index contributed by atoms with van der Waals surface area (Å²) in [5.74, 6) is 0.699. The number of hydrogen-bond donors (Lipinski definition) is 2. The van der Waals surface area contributed by atoms with E-state index in [1.807, 2.05) is 12.1 Å². The summed E-state index contributed by atoms with van der Waals surface area (Å²) >= 11 is 0. The van der Waals surface area contributed by atoms with Gasteiger partial charge in [-0.25, -0.2) is 4.98 Å². The molecule has 2 aromatic rings. The van der Waals surface area contributed by atoms with Crippen LogP contribution < -0.4 is 10.9 Å². The standard InChI is InChI=1S/C12H12N4O/c17-12-9-6-14-7-10(9)15-11(16-12)4-8-2-1-3-13-5-8/h1-3,5,14H,4,6-7H2,(H,15,16,17). The molecule has 0 bridgehead atoms. The second-order valence-electron chi connectivity index (χ2n) is 4.08. The molecule has 86 valence electrons. The normalized spacial score (nSPS) is 13.6. The zero-order valence-corrected chi connectivity index (χ0v) is 9.23. The minimum absolute atomic E-state index is 0.0288. The van der Waals surface area contributed by atoms with E-state index in [1.165, 1.54) is 0 Å². The Morgan fingerprint density at radius 2 is 2.29 bits per heavy atom. The Balaban J connectivity index is 1.95. The third kappa shape index (κ3) is 1.97. The van der Waals surface area contributed by atoms with Crippen LogP contribution in [-0.2, 0) is 19.5 Å². The van der Waals surface area contributed by atoms with Crippen molar-refractivity contribution in [3.8, 4) is 0 Å². The van der Waals surface area contributed by atoms with E-state index in [4.69, 9.17) is 0 Å². The molecule has 0 radical (unpaired) electrons. The predicted molar refractivity (Wildman–Crippen MR) is 62.4 cm³/mol. The van der Waals surface area contributed by atoms with Crippen LogP contribution in [-0.4, -0.2) is 15.0 Å². The molecule has 0 unspecified atom stereocenters. The Hall–Kier alpha value is -2.01. The Labute approximate surface area is 97.9 Å². The van der Waals surface area contributed by atoms with E-state index in [0.29, 0.717) is 25.3 Å². The molecule has 0 amide bonds. The van der Waals surface area contributed by atoms with Crippen LogP contribution in [0.4, 0.5) is 0 Å². The molecule has 5 heteroatoms. The first-order valence-electron chi connectivity index (χ1n) is 5.53. The van der Waals surface area contributed by atoms with Crippen LogP contribution in [0.2, 0.25) is 0 Å². The number of pyridine rings is 1. The summed E-state index contributed by atoms with van der Waals surface area (Å²) in [6.45, 7) is 1.30. The van der Waals surface area contributed by atoms with Crippen molar-refractivity contribution in [2.24, 2.45) is 0 Å². The number of fused-ring (bicyclic) bond motifs is 1. The summed E-state index contributed by atoms with van der Waals surface area (Å²) in [4.78, 5) is 23.1. The van der Waals surface area contributed by atoms with Crippen molar-refractivity contribution >= 4 is 0 Å². The van der Waals surface area contributed by atoms with E-state index in [9.17, 15) is 4.79 Å². The molecular formula is C12H12N4O. The van der Waals surface area contributed by atoms with Crippen LogP contribution in [0, 0.1) is 0 Å². The fraction of sp³-hybridized carbons (Fsp3) is 0.250. The number of aromatic nitrogens is 3. The molecule has 0 aliphatic carbocycles. The van der Waals surface area contributed by atoms with Gasteiger partial charge >= 0.3 is 0 Å². The molecule has 2 aromatic heterocycles. The van der Waals surface area contributed by atoms with Gasteiger partial charge in [0.15, 0.2) is 0 Å². The summed E-state index contributed by atoms with van der Waals surface area (Å²) in [6.07, 6.45) is 4.12. The zero-order valence-electron chi connectivity index (χ0n) is 9.23. The highest BCUT2D eigenvalue weighted by atomic mass is 16.1. The van der Waals surface area contributed by atoms with E-state index in [0.717, 1.165) is 16.8 Å². The number of hydrogen-bond acceptors (Lipinski definition) is 4. The molecule has 3 heterocycles. The highest BCUT2D eigenvalue weighted by Gasteiger charge is 2.16. The summed E-state index contributed by atoms with van der Waals surface area (Å²) in [6, 6.07) is 3.85. The van der Waals surface area contributed by atoms with Crippen LogP contribution in [0.3, 0.4) is 0 Å². The average Bonchev–Trinajstić information content (AvgIpc) is 2.79. The maximum atomic E-state index is 11.8. The molecule has 0 saturated heterocycles. The van der Waals surface area contributed by atoms with Gasteiger partial charge < -0.3 is 10.3 Å². The molecular weight excluding hydrogens is 216 g/mol. The first-order chi connectivity index (χ1) is 8.33. The molecule has 0 fully saturated rings. The van der Waals surface area contributed by atoms with Crippen molar-refractivity contribution in [2.45, 2.75) is 19.5 Å². The molecule has 0 atom stereocenters. The van der Waals surface area contributed by atoms with Crippen LogP contribution in [0.15, 0.2) is 29.3 Å². The molecule has 0 aromatic carbocycles. The lowest BCUT2D eigenvalue weighted by molar-refractivity contribution is 0.755. The van der Waals surface area contributed by atoms with Crippen molar-refractivity contribution < 1.29 is 0 Å². The van der Waals surface area contributed by atoms with Crippen LogP contribution in [0.5, 0.6) is 0 Å². The van der Waals surface area contributed by atoms with Gasteiger partial charge in [0.25, 0.3) is 5.56 Å². The fourth-order valence-corrected chi connectivity index (χ4v) is 2.01. The molecule has 5 nitrogen and oxygen atoms in total. The largest absolute Gasteiger partial charge is 0.310 e. The summed E-state index contributed by atoms with van der Waals surface area (Å²) in [5.41, 5.74) is 2.65. The van der Waals surface area contributed by atoms with Crippen molar-refractivity contribution in [3.63, 3.8) is 0 Å². The minimum Gasteiger partial charge on any atom is -0.310 e. The van der Waals surface area contributed by atoms with Gasteiger partial charge in [-0.1, -0.05) is 6.07 Å². The number of H-pyrrole nitrogens is 1. The number of aromatic amines is 1. The van der Waals surface area contributed by atoms with Gasteiger partial charge in [0.2, 0.25) is 0 Å². The highest BCUT2D eigenvalue weighted by molar-refractivity contribution is 5.23. The van der Waals surface area contributed by atoms with Crippen molar-refractivity contribution in [1.29, 1.82) is 0 Å². The smallest absolute Gasteiger partial charge is 0.255 e. The summed E-state index contributed by atoms with van der Waals surface area (Å²) in [5, 5.41) is 3.12. The second-order valence-corrected chi connectivity index (χ2v) is 4.08. The van der Waals surface area contributed by atoms with Crippen molar-refractivity contribution in [1.82, 2.24) is 20.3 Å². The average molecular weight is 228 g/mol. The second kappa shape index (κ2) is 4.10. The lowest BCUT2D eigenvalue weighted by atomic mass is 10.2. The molecule has 3 rings (SSSR count). The maximum Gasteiger partial charge on any atom is 0.255 e. The van der Waals surface area contributed by atoms with Gasteiger partial charge in [0.05, 0.1) is 11.3 Å². The molecule has 1 aliphatic heterocycles. The molecule has 2 N–H and O–H groups in total. The van der Waals surface area contributed by atoms with Gasteiger partial charge in [-0.2, -0.15) is 0 Å². The van der Waals surface area contributed by atoms with Gasteiger partial charge in [-0.05, 0) is 11.6 Å². The van der Waals surface area contributed by atoms with E-state index in [1.54, 1.807) is 12.4 Å². The SMILES string of the molecule is O=c1[nH]c(Cc2cccnc2)nc2c1CNC2. The topological polar surface area (TPSA) is 70.7 Å². The van der Waals surface area contributed by atoms with E-state index in [2.05, 4.69) is 20.3 Å². The van der Waals surface area contributed by atoms with Crippen molar-refractivity contribution in [2.75, 3.05) is 0 Å². The Kier molecular flexibility index (Phi) is 2.45. The van der Waals surface area contributed by atoms with Gasteiger partial charge in [-0.15, -0.1) is 0 Å². The lowest BCUT2D eigenvalue weighted by Gasteiger charge is -2.03. The third-order valence-corrected chi connectivity index (χ3v) is 2.84. The fourth-order valence-electron chi connectivity index (χ4n) is 2.01. The monoisotopic (exact) mass is 228 g/mol. The molecule has 0 saturated carbocycles. The van der Waals surface area contributed by atoms with Gasteiger partial charge in [0, 0.05) is 31.9 Å². The summed E-state index contributed by atoms with van der Waals surface area (Å²) < 4.78 is 0. The summed E-state index contributed by atoms with van der Waals surface area (Å²) in [7, 11) is 0. The number of nitrogens with one attached hydrogen (secondary N) is 2. The quantitative estimate of drug-likeness (QED) is 0.778.